The van der Waals surface area contributed by atoms with Crippen LogP contribution in [0.5, 0.6) is 0 Å². The first-order valence-electron chi connectivity index (χ1n) is 5.64. The molecular weight excluding hydrogens is 296 g/mol. The maximum absolute atomic E-state index is 12.1. The Kier molecular flexibility index (Phi) is 3.19. The molecule has 18 heavy (non-hydrogen) atoms. The Balaban J connectivity index is 2.49. The molecule has 0 aliphatic carbocycles. The van der Waals surface area contributed by atoms with Crippen LogP contribution in [0.25, 0.3) is 11.0 Å². The van der Waals surface area contributed by atoms with Crippen molar-refractivity contribution in [2.75, 3.05) is 0 Å². The first-order chi connectivity index (χ1) is 8.28. The highest BCUT2D eigenvalue weighted by molar-refractivity contribution is 9.10. The van der Waals surface area contributed by atoms with Crippen LogP contribution in [0.15, 0.2) is 22.9 Å². The second-order valence-electron chi connectivity index (χ2n) is 5.19. The standard InChI is InChI=1S/C13H15BrN2O2/c1-8-7-16(12(17)18-13(2,3)4)11-10(8)5-9(14)6-15-11/h5-7H,1-4H3. The van der Waals surface area contributed by atoms with Gasteiger partial charge in [0, 0.05) is 22.3 Å². The lowest BCUT2D eigenvalue weighted by Crippen LogP contribution is -2.26. The highest BCUT2D eigenvalue weighted by Gasteiger charge is 2.20. The summed E-state index contributed by atoms with van der Waals surface area (Å²) in [6.07, 6.45) is 3.01. The number of carbonyl (C=O) groups excluding carboxylic acids is 1. The largest absolute Gasteiger partial charge is 0.443 e. The van der Waals surface area contributed by atoms with Crippen molar-refractivity contribution in [3.8, 4) is 0 Å². The van der Waals surface area contributed by atoms with E-state index < -0.39 is 11.7 Å². The van der Waals surface area contributed by atoms with Crippen LogP contribution < -0.4 is 0 Å². The van der Waals surface area contributed by atoms with Gasteiger partial charge >= 0.3 is 6.09 Å². The van der Waals surface area contributed by atoms with E-state index in [1.165, 1.54) is 4.57 Å². The molecule has 0 saturated heterocycles. The van der Waals surface area contributed by atoms with E-state index in [2.05, 4.69) is 20.9 Å². The normalized spacial score (nSPS) is 11.8. The van der Waals surface area contributed by atoms with Gasteiger partial charge in [-0.15, -0.1) is 0 Å². The van der Waals surface area contributed by atoms with Gasteiger partial charge in [0.15, 0.2) is 0 Å². The Hall–Kier alpha value is -1.36. The minimum absolute atomic E-state index is 0.407. The van der Waals surface area contributed by atoms with Crippen molar-refractivity contribution in [3.63, 3.8) is 0 Å². The minimum Gasteiger partial charge on any atom is -0.443 e. The van der Waals surface area contributed by atoms with Crippen LogP contribution in [0.2, 0.25) is 0 Å². The van der Waals surface area contributed by atoms with Gasteiger partial charge in [-0.05, 0) is 55.3 Å². The molecule has 0 radical (unpaired) electrons. The van der Waals surface area contributed by atoms with Gasteiger partial charge in [0.25, 0.3) is 0 Å². The van der Waals surface area contributed by atoms with Crippen molar-refractivity contribution in [2.45, 2.75) is 33.3 Å². The molecule has 0 amide bonds. The Morgan fingerprint density at radius 3 is 2.72 bits per heavy atom. The molecule has 0 bridgehead atoms. The van der Waals surface area contributed by atoms with Crippen LogP contribution in [0.1, 0.15) is 26.3 Å². The van der Waals surface area contributed by atoms with Gasteiger partial charge in [-0.2, -0.15) is 0 Å². The molecule has 2 rings (SSSR count). The van der Waals surface area contributed by atoms with E-state index >= 15 is 0 Å². The number of carbonyl (C=O) groups is 1. The third kappa shape index (κ3) is 2.56. The van der Waals surface area contributed by atoms with E-state index in [4.69, 9.17) is 4.74 Å². The van der Waals surface area contributed by atoms with Crippen molar-refractivity contribution >= 4 is 33.1 Å². The molecule has 0 aliphatic heterocycles. The second kappa shape index (κ2) is 4.39. The molecule has 5 heteroatoms. The molecule has 0 aromatic carbocycles. The maximum atomic E-state index is 12.1. The summed E-state index contributed by atoms with van der Waals surface area (Å²) in [5, 5.41) is 0.940. The number of rotatable bonds is 0. The zero-order chi connectivity index (χ0) is 13.5. The number of aromatic nitrogens is 2. The second-order valence-corrected chi connectivity index (χ2v) is 6.10. The van der Waals surface area contributed by atoms with E-state index in [0.717, 1.165) is 15.4 Å². The average Bonchev–Trinajstić information content (AvgIpc) is 2.54. The van der Waals surface area contributed by atoms with Gasteiger partial charge in [0.1, 0.15) is 11.2 Å². The van der Waals surface area contributed by atoms with Crippen LogP contribution in [-0.2, 0) is 4.74 Å². The quantitative estimate of drug-likeness (QED) is 0.741. The SMILES string of the molecule is Cc1cn(C(=O)OC(C)(C)C)c2ncc(Br)cc12. The minimum atomic E-state index is -0.517. The Morgan fingerprint density at radius 1 is 1.44 bits per heavy atom. The predicted octanol–water partition coefficient (Wildman–Crippen LogP) is 3.89. The lowest BCUT2D eigenvalue weighted by Gasteiger charge is -2.19. The van der Waals surface area contributed by atoms with Gasteiger partial charge in [-0.3, -0.25) is 0 Å². The molecule has 0 atom stereocenters. The topological polar surface area (TPSA) is 44.1 Å². The van der Waals surface area contributed by atoms with Gasteiger partial charge in [-0.25, -0.2) is 14.3 Å². The fourth-order valence-electron chi connectivity index (χ4n) is 1.69. The van der Waals surface area contributed by atoms with E-state index in [0.29, 0.717) is 5.65 Å². The first-order valence-corrected chi connectivity index (χ1v) is 6.44. The zero-order valence-electron chi connectivity index (χ0n) is 10.8. The third-order valence-corrected chi connectivity index (χ3v) is 2.83. The van der Waals surface area contributed by atoms with Gasteiger partial charge in [0.2, 0.25) is 0 Å². The van der Waals surface area contributed by atoms with Crippen molar-refractivity contribution in [1.82, 2.24) is 9.55 Å². The summed E-state index contributed by atoms with van der Waals surface area (Å²) < 4.78 is 7.68. The molecule has 2 heterocycles. The predicted molar refractivity (Wildman–Crippen MR) is 73.8 cm³/mol. The van der Waals surface area contributed by atoms with E-state index in [1.807, 2.05) is 33.8 Å². The van der Waals surface area contributed by atoms with E-state index in [1.54, 1.807) is 12.4 Å². The van der Waals surface area contributed by atoms with E-state index in [9.17, 15) is 4.79 Å². The Labute approximate surface area is 114 Å². The number of hydrogen-bond donors (Lipinski definition) is 0. The molecule has 0 saturated carbocycles. The summed E-state index contributed by atoms with van der Waals surface area (Å²) in [6.45, 7) is 7.46. The third-order valence-electron chi connectivity index (χ3n) is 2.40. The summed E-state index contributed by atoms with van der Waals surface area (Å²) in [5.74, 6) is 0. The first kappa shape index (κ1) is 13.1. The van der Waals surface area contributed by atoms with Gasteiger partial charge < -0.3 is 4.74 Å². The fraction of sp³-hybridized carbons (Fsp3) is 0.385. The molecular formula is C13H15BrN2O2. The van der Waals surface area contributed by atoms with Crippen LogP contribution in [0.4, 0.5) is 4.79 Å². The number of ether oxygens (including phenoxy) is 1. The summed E-state index contributed by atoms with van der Waals surface area (Å²) in [5.41, 5.74) is 1.09. The smallest absolute Gasteiger partial charge is 0.420 e. The molecule has 2 aromatic heterocycles. The fourth-order valence-corrected chi connectivity index (χ4v) is 2.02. The van der Waals surface area contributed by atoms with Crippen molar-refractivity contribution in [1.29, 1.82) is 0 Å². The number of hydrogen-bond acceptors (Lipinski definition) is 3. The summed E-state index contributed by atoms with van der Waals surface area (Å²) in [7, 11) is 0. The number of fused-ring (bicyclic) bond motifs is 1. The van der Waals surface area contributed by atoms with Crippen LogP contribution >= 0.6 is 15.9 Å². The highest BCUT2D eigenvalue weighted by atomic mass is 79.9. The summed E-state index contributed by atoms with van der Waals surface area (Å²) in [6, 6.07) is 1.94. The molecule has 2 aromatic rings. The van der Waals surface area contributed by atoms with Crippen molar-refractivity contribution in [3.05, 3.63) is 28.5 Å². The van der Waals surface area contributed by atoms with Crippen LogP contribution in [-0.4, -0.2) is 21.2 Å². The molecule has 0 unspecified atom stereocenters. The zero-order valence-corrected chi connectivity index (χ0v) is 12.4. The summed E-state index contributed by atoms with van der Waals surface area (Å²) >= 11 is 3.37. The molecule has 0 N–H and O–H groups in total. The van der Waals surface area contributed by atoms with Crippen LogP contribution in [0.3, 0.4) is 0 Å². The summed E-state index contributed by atoms with van der Waals surface area (Å²) in [4.78, 5) is 16.3. The number of aryl methyl sites for hydroxylation is 1. The number of pyridine rings is 1. The number of nitrogens with zero attached hydrogens (tertiary/aromatic N) is 2. The molecule has 4 nitrogen and oxygen atoms in total. The highest BCUT2D eigenvalue weighted by Crippen LogP contribution is 2.23. The van der Waals surface area contributed by atoms with E-state index in [-0.39, 0.29) is 0 Å². The maximum Gasteiger partial charge on any atom is 0.420 e. The Bertz CT molecular complexity index is 611. The lowest BCUT2D eigenvalue weighted by atomic mass is 10.2. The Morgan fingerprint density at radius 2 is 2.11 bits per heavy atom. The van der Waals surface area contributed by atoms with Crippen molar-refractivity contribution < 1.29 is 9.53 Å². The average molecular weight is 311 g/mol. The van der Waals surface area contributed by atoms with Crippen LogP contribution in [0, 0.1) is 6.92 Å². The molecule has 96 valence electrons. The van der Waals surface area contributed by atoms with Gasteiger partial charge in [0.05, 0.1) is 0 Å². The number of halogens is 1. The van der Waals surface area contributed by atoms with Crippen molar-refractivity contribution in [2.24, 2.45) is 0 Å². The molecule has 0 spiro atoms. The van der Waals surface area contributed by atoms with Gasteiger partial charge in [-0.1, -0.05) is 0 Å². The lowest BCUT2D eigenvalue weighted by molar-refractivity contribution is 0.0543. The molecule has 0 fully saturated rings. The molecule has 0 aliphatic rings. The monoisotopic (exact) mass is 310 g/mol.